The van der Waals surface area contributed by atoms with E-state index in [0.717, 1.165) is 65.6 Å². The van der Waals surface area contributed by atoms with E-state index in [0.29, 0.717) is 23.0 Å². The fourth-order valence-electron chi connectivity index (χ4n) is 4.18. The van der Waals surface area contributed by atoms with Gasteiger partial charge in [0.15, 0.2) is 11.5 Å². The monoisotopic (exact) mass is 393 g/mol. The molecule has 0 amide bonds. The predicted octanol–water partition coefficient (Wildman–Crippen LogP) is 4.15. The number of likely N-dealkylation sites (N-methyl/N-ethyl adjacent to an activating group) is 1. The van der Waals surface area contributed by atoms with Crippen molar-refractivity contribution in [3.8, 4) is 16.6 Å². The third-order valence-electron chi connectivity index (χ3n) is 5.98. The van der Waals surface area contributed by atoms with Crippen molar-refractivity contribution in [3.63, 3.8) is 0 Å². The second kappa shape index (κ2) is 6.57. The summed E-state index contributed by atoms with van der Waals surface area (Å²) in [5, 5.41) is 12.8. The molecule has 1 atom stereocenters. The largest absolute Gasteiger partial charge is 0.438 e. The van der Waals surface area contributed by atoms with Gasteiger partial charge in [0, 0.05) is 42.2 Å². The second-order valence-electron chi connectivity index (χ2n) is 8.03. The zero-order chi connectivity index (χ0) is 19.4. The summed E-state index contributed by atoms with van der Waals surface area (Å²) in [6.45, 7) is 3.91. The number of hydrogen-bond acceptors (Lipinski definition) is 7. The third-order valence-corrected chi connectivity index (χ3v) is 6.77. The molecule has 1 saturated carbocycles. The maximum Gasteiger partial charge on any atom is 0.198 e. The van der Waals surface area contributed by atoms with Crippen LogP contribution in [0.4, 0.5) is 5.69 Å². The molecule has 144 valence electrons. The van der Waals surface area contributed by atoms with Gasteiger partial charge in [-0.05, 0) is 45.8 Å². The molecule has 0 radical (unpaired) electrons. The van der Waals surface area contributed by atoms with Crippen molar-refractivity contribution >= 4 is 28.1 Å². The van der Waals surface area contributed by atoms with Crippen LogP contribution in [0, 0.1) is 18.3 Å². The lowest BCUT2D eigenvalue weighted by atomic mass is 9.98. The predicted molar refractivity (Wildman–Crippen MR) is 111 cm³/mol. The van der Waals surface area contributed by atoms with Gasteiger partial charge in [-0.25, -0.2) is 9.97 Å². The number of rotatable bonds is 4. The topological polar surface area (TPSA) is 69.2 Å². The van der Waals surface area contributed by atoms with Gasteiger partial charge < -0.3 is 14.2 Å². The van der Waals surface area contributed by atoms with Crippen LogP contribution in [0.2, 0.25) is 0 Å². The SMILES string of the molecule is Cc1c(-c2nccs2)c(N2CC[C@H](N(C)C)C2)c2oc(C3CC3)nc2c1C#N. The van der Waals surface area contributed by atoms with Gasteiger partial charge >= 0.3 is 0 Å². The lowest BCUT2D eigenvalue weighted by molar-refractivity contribution is 0.315. The summed E-state index contributed by atoms with van der Waals surface area (Å²) in [7, 11) is 4.27. The van der Waals surface area contributed by atoms with Crippen LogP contribution in [0.3, 0.4) is 0 Å². The second-order valence-corrected chi connectivity index (χ2v) is 8.92. The molecule has 5 rings (SSSR count). The lowest BCUT2D eigenvalue weighted by Gasteiger charge is -2.24. The highest BCUT2D eigenvalue weighted by atomic mass is 32.1. The summed E-state index contributed by atoms with van der Waals surface area (Å²) in [6.07, 6.45) is 5.17. The van der Waals surface area contributed by atoms with E-state index in [2.05, 4.69) is 34.9 Å². The van der Waals surface area contributed by atoms with E-state index in [1.807, 2.05) is 18.5 Å². The quantitative estimate of drug-likeness (QED) is 0.663. The first-order valence-corrected chi connectivity index (χ1v) is 10.6. The minimum Gasteiger partial charge on any atom is -0.438 e. The van der Waals surface area contributed by atoms with E-state index in [4.69, 9.17) is 9.40 Å². The van der Waals surface area contributed by atoms with Gasteiger partial charge in [-0.3, -0.25) is 0 Å². The molecule has 2 fully saturated rings. The summed E-state index contributed by atoms with van der Waals surface area (Å²) in [5.41, 5.74) is 5.12. The standard InChI is InChI=1S/C21H23N5OS/c1-12-15(10-22)17-19(27-20(24-17)13-4-5-13)18(16(12)21-23-7-9-28-21)26-8-6-14(11-26)25(2)3/h7,9,13-14H,4-6,8,11H2,1-3H3/t14-/m0/s1. The molecule has 7 heteroatoms. The Bertz CT molecular complexity index is 1070. The van der Waals surface area contributed by atoms with E-state index >= 15 is 0 Å². The molecule has 0 N–H and O–H groups in total. The highest BCUT2D eigenvalue weighted by molar-refractivity contribution is 7.13. The Morgan fingerprint density at radius 2 is 2.14 bits per heavy atom. The number of fused-ring (bicyclic) bond motifs is 1. The van der Waals surface area contributed by atoms with Crippen LogP contribution in [0.15, 0.2) is 16.0 Å². The first kappa shape index (κ1) is 17.7. The molecule has 1 saturated heterocycles. The smallest absolute Gasteiger partial charge is 0.198 e. The molecule has 3 aromatic rings. The first-order valence-electron chi connectivity index (χ1n) is 9.76. The van der Waals surface area contributed by atoms with Crippen LogP contribution in [0.1, 0.15) is 42.2 Å². The van der Waals surface area contributed by atoms with Crippen LogP contribution < -0.4 is 4.90 Å². The van der Waals surface area contributed by atoms with Gasteiger partial charge in [-0.2, -0.15) is 5.26 Å². The molecule has 2 aromatic heterocycles. The third kappa shape index (κ3) is 2.71. The lowest BCUT2D eigenvalue weighted by Crippen LogP contribution is -2.31. The Balaban J connectivity index is 1.78. The molecule has 28 heavy (non-hydrogen) atoms. The van der Waals surface area contributed by atoms with E-state index in [-0.39, 0.29) is 0 Å². The Hall–Kier alpha value is -2.43. The Morgan fingerprint density at radius 1 is 1.32 bits per heavy atom. The number of anilines is 1. The molecule has 0 spiro atoms. The number of nitriles is 1. The number of nitrogens with zero attached hydrogens (tertiary/aromatic N) is 5. The van der Waals surface area contributed by atoms with Crippen LogP contribution in [-0.4, -0.2) is 48.1 Å². The normalized spacial score (nSPS) is 19.7. The summed E-state index contributed by atoms with van der Waals surface area (Å²) in [4.78, 5) is 14.0. The number of benzene rings is 1. The molecule has 3 heterocycles. The van der Waals surface area contributed by atoms with Crippen molar-refractivity contribution in [2.24, 2.45) is 0 Å². The molecule has 2 aliphatic rings. The van der Waals surface area contributed by atoms with Gasteiger partial charge in [0.05, 0.1) is 11.3 Å². The van der Waals surface area contributed by atoms with Gasteiger partial charge in [0.25, 0.3) is 0 Å². The van der Waals surface area contributed by atoms with Gasteiger partial charge in [-0.1, -0.05) is 0 Å². The average molecular weight is 394 g/mol. The van der Waals surface area contributed by atoms with Crippen LogP contribution in [0.5, 0.6) is 0 Å². The molecule has 1 aliphatic heterocycles. The van der Waals surface area contributed by atoms with Crippen molar-refractivity contribution in [1.82, 2.24) is 14.9 Å². The fourth-order valence-corrected chi connectivity index (χ4v) is 4.92. The number of aromatic nitrogens is 2. The molecule has 0 bridgehead atoms. The van der Waals surface area contributed by atoms with E-state index in [9.17, 15) is 5.26 Å². The average Bonchev–Trinajstić information content (AvgIpc) is 3.09. The molecular formula is C21H23N5OS. The molecule has 0 unspecified atom stereocenters. The molecular weight excluding hydrogens is 370 g/mol. The Labute approximate surface area is 168 Å². The van der Waals surface area contributed by atoms with Crippen molar-refractivity contribution in [2.45, 2.75) is 38.1 Å². The summed E-state index contributed by atoms with van der Waals surface area (Å²) < 4.78 is 6.33. The van der Waals surface area contributed by atoms with Crippen molar-refractivity contribution in [3.05, 3.63) is 28.6 Å². The summed E-state index contributed by atoms with van der Waals surface area (Å²) >= 11 is 1.60. The van der Waals surface area contributed by atoms with Gasteiger partial charge in [0.1, 0.15) is 16.6 Å². The van der Waals surface area contributed by atoms with E-state index in [1.54, 1.807) is 11.3 Å². The summed E-state index contributed by atoms with van der Waals surface area (Å²) in [5.74, 6) is 1.19. The number of thiazole rings is 1. The van der Waals surface area contributed by atoms with E-state index < -0.39 is 0 Å². The van der Waals surface area contributed by atoms with Gasteiger partial charge in [-0.15, -0.1) is 11.3 Å². The minimum absolute atomic E-state index is 0.406. The summed E-state index contributed by atoms with van der Waals surface area (Å²) in [6, 6.07) is 2.89. The highest BCUT2D eigenvalue weighted by Crippen LogP contribution is 2.47. The Morgan fingerprint density at radius 3 is 2.75 bits per heavy atom. The molecule has 1 aromatic carbocycles. The highest BCUT2D eigenvalue weighted by Gasteiger charge is 2.35. The van der Waals surface area contributed by atoms with Crippen LogP contribution >= 0.6 is 11.3 Å². The maximum absolute atomic E-state index is 9.90. The molecule has 6 nitrogen and oxygen atoms in total. The van der Waals surface area contributed by atoms with E-state index in [1.165, 1.54) is 0 Å². The van der Waals surface area contributed by atoms with Crippen LogP contribution in [-0.2, 0) is 0 Å². The Kier molecular flexibility index (Phi) is 4.14. The number of hydrogen-bond donors (Lipinski definition) is 0. The maximum atomic E-state index is 9.90. The van der Waals surface area contributed by atoms with Crippen molar-refractivity contribution in [2.75, 3.05) is 32.1 Å². The minimum atomic E-state index is 0.406. The zero-order valence-corrected chi connectivity index (χ0v) is 17.2. The van der Waals surface area contributed by atoms with Crippen LogP contribution in [0.25, 0.3) is 21.7 Å². The van der Waals surface area contributed by atoms with Crippen molar-refractivity contribution < 1.29 is 4.42 Å². The first-order chi connectivity index (χ1) is 13.6. The zero-order valence-electron chi connectivity index (χ0n) is 16.4. The number of oxazole rings is 1. The fraction of sp³-hybridized carbons (Fsp3) is 0.476. The van der Waals surface area contributed by atoms with Gasteiger partial charge in [0.2, 0.25) is 0 Å². The molecule has 1 aliphatic carbocycles. The van der Waals surface area contributed by atoms with Crippen molar-refractivity contribution in [1.29, 1.82) is 5.26 Å².